The molecule has 0 radical (unpaired) electrons. The molecule has 0 aromatic heterocycles. The lowest BCUT2D eigenvalue weighted by atomic mass is 10.2. The van der Waals surface area contributed by atoms with E-state index in [-0.39, 0.29) is 24.9 Å². The Morgan fingerprint density at radius 3 is 2.65 bits per heavy atom. The molecule has 3 rings (SSSR count). The second kappa shape index (κ2) is 9.23. The minimum atomic E-state index is -3.63. The maximum atomic E-state index is 12.7. The smallest absolute Gasteiger partial charge is 0.263 e. The average molecular weight is 469 g/mol. The molecule has 1 aliphatic heterocycles. The Hall–Kier alpha value is -2.65. The van der Waals surface area contributed by atoms with Gasteiger partial charge in [0.15, 0.2) is 17.6 Å². The van der Waals surface area contributed by atoms with Crippen LogP contribution in [0.1, 0.15) is 19.4 Å². The first-order chi connectivity index (χ1) is 14.6. The van der Waals surface area contributed by atoms with Gasteiger partial charge in [-0.25, -0.2) is 8.42 Å². The molecular formula is C21H25ClN2O6S. The van der Waals surface area contributed by atoms with Gasteiger partial charge in [-0.05, 0) is 49.7 Å². The highest BCUT2D eigenvalue weighted by Crippen LogP contribution is 2.37. The van der Waals surface area contributed by atoms with Gasteiger partial charge in [-0.3, -0.25) is 9.10 Å². The Kier molecular flexibility index (Phi) is 6.86. The van der Waals surface area contributed by atoms with Gasteiger partial charge in [-0.2, -0.15) is 0 Å². The number of rotatable bonds is 7. The number of halogens is 1. The van der Waals surface area contributed by atoms with Crippen molar-refractivity contribution in [1.82, 2.24) is 5.32 Å². The van der Waals surface area contributed by atoms with E-state index in [1.807, 2.05) is 19.9 Å². The van der Waals surface area contributed by atoms with E-state index in [1.54, 1.807) is 31.4 Å². The molecule has 168 valence electrons. The van der Waals surface area contributed by atoms with Gasteiger partial charge in [0.1, 0.15) is 5.75 Å². The standard InChI is InChI=1S/C21H25ClN2O6S/c1-13(2)29-18-7-5-14(9-19(18)28-3)11-23-21(25)20-12-24(31(4,26)27)16-10-15(22)6-8-17(16)30-20/h5-10,13,20H,11-12H2,1-4H3,(H,23,25)/t20-/m1/s1. The van der Waals surface area contributed by atoms with Crippen LogP contribution in [0, 0.1) is 0 Å². The molecule has 1 amide bonds. The predicted molar refractivity (Wildman–Crippen MR) is 119 cm³/mol. The minimum Gasteiger partial charge on any atom is -0.493 e. The molecule has 2 aromatic rings. The zero-order valence-corrected chi connectivity index (χ0v) is 19.3. The number of anilines is 1. The molecule has 0 fully saturated rings. The van der Waals surface area contributed by atoms with Crippen LogP contribution in [0.4, 0.5) is 5.69 Å². The molecule has 1 N–H and O–H groups in total. The Labute approximate surface area is 187 Å². The molecule has 0 spiro atoms. The molecule has 0 saturated carbocycles. The number of methoxy groups -OCH3 is 1. The average Bonchev–Trinajstić information content (AvgIpc) is 2.70. The summed E-state index contributed by atoms with van der Waals surface area (Å²) in [4.78, 5) is 12.7. The van der Waals surface area contributed by atoms with Gasteiger partial charge in [0.05, 0.1) is 31.7 Å². The first-order valence-electron chi connectivity index (χ1n) is 9.63. The molecule has 1 atom stereocenters. The van der Waals surface area contributed by atoms with E-state index in [9.17, 15) is 13.2 Å². The number of nitrogens with one attached hydrogen (secondary N) is 1. The summed E-state index contributed by atoms with van der Waals surface area (Å²) in [6.07, 6.45) is 0.0673. The van der Waals surface area contributed by atoms with E-state index in [4.69, 9.17) is 25.8 Å². The van der Waals surface area contributed by atoms with Crippen LogP contribution in [0.15, 0.2) is 36.4 Å². The number of fused-ring (bicyclic) bond motifs is 1. The monoisotopic (exact) mass is 468 g/mol. The van der Waals surface area contributed by atoms with E-state index in [1.165, 1.54) is 6.07 Å². The third kappa shape index (κ3) is 5.54. The quantitative estimate of drug-likeness (QED) is 0.671. The number of benzene rings is 2. The minimum absolute atomic E-state index is 0.00143. The summed E-state index contributed by atoms with van der Waals surface area (Å²) in [6.45, 7) is 3.90. The van der Waals surface area contributed by atoms with Gasteiger partial charge < -0.3 is 19.5 Å². The van der Waals surface area contributed by atoms with Crippen molar-refractivity contribution in [1.29, 1.82) is 0 Å². The van der Waals surface area contributed by atoms with Crippen LogP contribution >= 0.6 is 11.6 Å². The van der Waals surface area contributed by atoms with Crippen molar-refractivity contribution in [3.63, 3.8) is 0 Å². The number of hydrogen-bond acceptors (Lipinski definition) is 6. The van der Waals surface area contributed by atoms with Crippen molar-refractivity contribution in [3.8, 4) is 17.2 Å². The summed E-state index contributed by atoms with van der Waals surface area (Å²) >= 11 is 6.00. The molecule has 0 saturated heterocycles. The normalized spacial score (nSPS) is 15.8. The van der Waals surface area contributed by atoms with E-state index in [0.717, 1.165) is 16.1 Å². The Morgan fingerprint density at radius 2 is 2.00 bits per heavy atom. The molecule has 2 aromatic carbocycles. The lowest BCUT2D eigenvalue weighted by Gasteiger charge is -2.34. The Bertz CT molecular complexity index is 1070. The molecule has 0 unspecified atom stereocenters. The van der Waals surface area contributed by atoms with Gasteiger partial charge in [0, 0.05) is 11.6 Å². The van der Waals surface area contributed by atoms with Gasteiger partial charge in [0.25, 0.3) is 5.91 Å². The van der Waals surface area contributed by atoms with E-state index < -0.39 is 22.0 Å². The SMILES string of the molecule is COc1cc(CNC(=O)[C@H]2CN(S(C)(=O)=O)c3cc(Cl)ccc3O2)ccc1OC(C)C. The van der Waals surface area contributed by atoms with Crippen LogP contribution in [0.3, 0.4) is 0 Å². The Balaban J connectivity index is 1.73. The van der Waals surface area contributed by atoms with Crippen molar-refractivity contribution in [2.24, 2.45) is 0 Å². The van der Waals surface area contributed by atoms with Crippen LogP contribution in [-0.4, -0.2) is 46.4 Å². The third-order valence-corrected chi connectivity index (χ3v) is 5.92. The maximum absolute atomic E-state index is 12.7. The summed E-state index contributed by atoms with van der Waals surface area (Å²) in [7, 11) is -2.08. The zero-order chi connectivity index (χ0) is 22.8. The van der Waals surface area contributed by atoms with E-state index >= 15 is 0 Å². The fourth-order valence-electron chi connectivity index (χ4n) is 3.15. The number of ether oxygens (including phenoxy) is 3. The van der Waals surface area contributed by atoms with Crippen LogP contribution in [0.5, 0.6) is 17.2 Å². The van der Waals surface area contributed by atoms with Crippen LogP contribution in [0.25, 0.3) is 0 Å². The summed E-state index contributed by atoms with van der Waals surface area (Å²) in [5.74, 6) is 1.01. The van der Waals surface area contributed by atoms with Crippen molar-refractivity contribution < 1.29 is 27.4 Å². The summed E-state index contributed by atoms with van der Waals surface area (Å²) in [5.41, 5.74) is 1.11. The topological polar surface area (TPSA) is 94.2 Å². The van der Waals surface area contributed by atoms with E-state index in [2.05, 4.69) is 5.32 Å². The third-order valence-electron chi connectivity index (χ3n) is 4.54. The lowest BCUT2D eigenvalue weighted by Crippen LogP contribution is -2.50. The summed E-state index contributed by atoms with van der Waals surface area (Å²) in [5, 5.41) is 3.16. The number of amides is 1. The summed E-state index contributed by atoms with van der Waals surface area (Å²) in [6, 6.07) is 10.0. The highest BCUT2D eigenvalue weighted by molar-refractivity contribution is 7.92. The van der Waals surface area contributed by atoms with Crippen molar-refractivity contribution >= 4 is 33.2 Å². The molecular weight excluding hydrogens is 444 g/mol. The molecule has 1 aliphatic rings. The largest absolute Gasteiger partial charge is 0.493 e. The van der Waals surface area contributed by atoms with Crippen molar-refractivity contribution in [2.45, 2.75) is 32.6 Å². The second-order valence-electron chi connectivity index (χ2n) is 7.38. The highest BCUT2D eigenvalue weighted by atomic mass is 35.5. The van der Waals surface area contributed by atoms with Gasteiger partial charge in [-0.1, -0.05) is 17.7 Å². The first kappa shape index (κ1) is 23.0. The van der Waals surface area contributed by atoms with Crippen molar-refractivity contribution in [3.05, 3.63) is 47.0 Å². The zero-order valence-electron chi connectivity index (χ0n) is 17.7. The molecule has 31 heavy (non-hydrogen) atoms. The van der Waals surface area contributed by atoms with Crippen molar-refractivity contribution in [2.75, 3.05) is 24.2 Å². The van der Waals surface area contributed by atoms with Gasteiger partial charge >= 0.3 is 0 Å². The number of sulfonamides is 1. The van der Waals surface area contributed by atoms with Crippen LogP contribution in [0.2, 0.25) is 5.02 Å². The number of nitrogens with zero attached hydrogens (tertiary/aromatic N) is 1. The van der Waals surface area contributed by atoms with Gasteiger partial charge in [-0.15, -0.1) is 0 Å². The number of carbonyl (C=O) groups is 1. The first-order valence-corrected chi connectivity index (χ1v) is 11.9. The second-order valence-corrected chi connectivity index (χ2v) is 9.73. The number of carbonyl (C=O) groups excluding carboxylic acids is 1. The van der Waals surface area contributed by atoms with Crippen LogP contribution in [-0.2, 0) is 21.4 Å². The molecule has 0 aliphatic carbocycles. The Morgan fingerprint density at radius 1 is 1.26 bits per heavy atom. The highest BCUT2D eigenvalue weighted by Gasteiger charge is 2.35. The van der Waals surface area contributed by atoms with Gasteiger partial charge in [0.2, 0.25) is 10.0 Å². The molecule has 0 bridgehead atoms. The lowest BCUT2D eigenvalue weighted by molar-refractivity contribution is -0.127. The maximum Gasteiger partial charge on any atom is 0.263 e. The summed E-state index contributed by atoms with van der Waals surface area (Å²) < 4.78 is 42.4. The fraction of sp³-hybridized carbons (Fsp3) is 0.381. The molecule has 10 heteroatoms. The van der Waals surface area contributed by atoms with E-state index in [0.29, 0.717) is 22.2 Å². The predicted octanol–water partition coefficient (Wildman–Crippen LogP) is 2.98. The molecule has 8 nitrogen and oxygen atoms in total. The molecule has 1 heterocycles. The van der Waals surface area contributed by atoms with Crippen LogP contribution < -0.4 is 23.8 Å². The fourth-order valence-corrected chi connectivity index (χ4v) is 4.22. The number of hydrogen-bond donors (Lipinski definition) is 1.